The van der Waals surface area contributed by atoms with E-state index >= 15 is 0 Å². The molecule has 3 nitrogen and oxygen atoms in total. The molecule has 0 spiro atoms. The highest BCUT2D eigenvalue weighted by atomic mass is 32.2. The second-order valence-corrected chi connectivity index (χ2v) is 6.45. The summed E-state index contributed by atoms with van der Waals surface area (Å²) in [6.45, 7) is 5.25. The summed E-state index contributed by atoms with van der Waals surface area (Å²) in [4.78, 5) is 0.253. The molecule has 1 rings (SSSR count). The molecule has 0 aromatic heterocycles. The smallest absolute Gasteiger partial charge is 0.175 e. The predicted molar refractivity (Wildman–Crippen MR) is 73.1 cm³/mol. The van der Waals surface area contributed by atoms with E-state index in [-0.39, 0.29) is 4.90 Å². The van der Waals surface area contributed by atoms with Crippen LogP contribution in [0.3, 0.4) is 0 Å². The van der Waals surface area contributed by atoms with E-state index in [2.05, 4.69) is 6.58 Å². The first-order valence-electron chi connectivity index (χ1n) is 5.58. The number of benzene rings is 1. The lowest BCUT2D eigenvalue weighted by Crippen LogP contribution is -2.20. The van der Waals surface area contributed by atoms with Gasteiger partial charge in [0.2, 0.25) is 0 Å². The molecule has 1 aromatic carbocycles. The van der Waals surface area contributed by atoms with E-state index in [1.165, 1.54) is 12.1 Å². The van der Waals surface area contributed by atoms with Gasteiger partial charge in [-0.05, 0) is 31.0 Å². The third-order valence-electron chi connectivity index (χ3n) is 2.69. The molecule has 18 heavy (non-hydrogen) atoms. The van der Waals surface area contributed by atoms with Crippen molar-refractivity contribution in [1.29, 1.82) is 0 Å². The third kappa shape index (κ3) is 3.82. The zero-order valence-electron chi connectivity index (χ0n) is 10.6. The lowest BCUT2D eigenvalue weighted by atomic mass is 9.92. The van der Waals surface area contributed by atoms with E-state index in [4.69, 9.17) is 0 Å². The summed E-state index contributed by atoms with van der Waals surface area (Å²) in [6, 6.07) is 6.29. The van der Waals surface area contributed by atoms with Gasteiger partial charge in [-0.25, -0.2) is 8.42 Å². The maximum atomic E-state index is 11.3. The summed E-state index contributed by atoms with van der Waals surface area (Å²) in [5.41, 5.74) is -0.334. The molecule has 0 aliphatic carbocycles. The quantitative estimate of drug-likeness (QED) is 0.833. The van der Waals surface area contributed by atoms with Gasteiger partial charge in [0.15, 0.2) is 9.84 Å². The molecule has 1 aromatic rings. The first-order chi connectivity index (χ1) is 8.27. The van der Waals surface area contributed by atoms with Crippen LogP contribution in [0, 0.1) is 0 Å². The number of hydrogen-bond donors (Lipinski definition) is 1. The molecular weight excluding hydrogens is 248 g/mol. The van der Waals surface area contributed by atoms with Crippen molar-refractivity contribution in [3.8, 4) is 0 Å². The fourth-order valence-electron chi connectivity index (χ4n) is 1.57. The first-order valence-corrected chi connectivity index (χ1v) is 7.47. The maximum absolute atomic E-state index is 11.3. The Kier molecular flexibility index (Phi) is 4.48. The van der Waals surface area contributed by atoms with Gasteiger partial charge in [-0.3, -0.25) is 0 Å². The van der Waals surface area contributed by atoms with Crippen molar-refractivity contribution in [3.05, 3.63) is 54.6 Å². The Morgan fingerprint density at radius 2 is 1.89 bits per heavy atom. The Labute approximate surface area is 108 Å². The van der Waals surface area contributed by atoms with Gasteiger partial charge in [0.05, 0.1) is 10.5 Å². The van der Waals surface area contributed by atoms with E-state index < -0.39 is 15.4 Å². The van der Waals surface area contributed by atoms with Gasteiger partial charge in [0, 0.05) is 6.26 Å². The summed E-state index contributed by atoms with van der Waals surface area (Å²) in [5, 5.41) is 10.3. The predicted octanol–water partition coefficient (Wildman–Crippen LogP) is 2.43. The van der Waals surface area contributed by atoms with E-state index in [0.717, 1.165) is 6.26 Å². The van der Waals surface area contributed by atoms with Crippen LogP contribution >= 0.6 is 0 Å². The molecule has 1 atom stereocenters. The van der Waals surface area contributed by atoms with Crippen molar-refractivity contribution in [2.45, 2.75) is 23.8 Å². The first kappa shape index (κ1) is 14.7. The minimum Gasteiger partial charge on any atom is -0.385 e. The molecular formula is C14H18O3S. The molecule has 0 amide bonds. The van der Waals surface area contributed by atoms with Gasteiger partial charge in [-0.2, -0.15) is 0 Å². The SMILES string of the molecule is C=C/C=C/C[C@@](C)(O)c1ccc(S(C)(=O)=O)cc1. The summed E-state index contributed by atoms with van der Waals surface area (Å²) in [5.74, 6) is 0. The van der Waals surface area contributed by atoms with E-state index in [1.54, 1.807) is 31.2 Å². The zero-order valence-corrected chi connectivity index (χ0v) is 11.4. The Bertz CT molecular complexity index is 537. The molecule has 0 aliphatic rings. The van der Waals surface area contributed by atoms with Crippen LogP contribution in [0.15, 0.2) is 54.0 Å². The second-order valence-electron chi connectivity index (χ2n) is 4.44. The van der Waals surface area contributed by atoms with Crippen molar-refractivity contribution in [3.63, 3.8) is 0 Å². The molecule has 0 heterocycles. The standard InChI is InChI=1S/C14H18O3S/c1-4-5-6-11-14(2,15)12-7-9-13(10-8-12)18(3,16)17/h4-10,15H,1,11H2,2-3H3/b6-5+/t14-/m1/s1. The Morgan fingerprint density at radius 3 is 2.33 bits per heavy atom. The zero-order chi connectivity index (χ0) is 13.8. The van der Waals surface area contributed by atoms with Crippen LogP contribution in [0.25, 0.3) is 0 Å². The highest BCUT2D eigenvalue weighted by molar-refractivity contribution is 7.90. The summed E-state index contributed by atoms with van der Waals surface area (Å²) >= 11 is 0. The van der Waals surface area contributed by atoms with Crippen LogP contribution in [-0.2, 0) is 15.4 Å². The molecule has 0 aliphatic heterocycles. The summed E-state index contributed by atoms with van der Waals surface area (Å²) in [6.07, 6.45) is 6.82. The highest BCUT2D eigenvalue weighted by Crippen LogP contribution is 2.26. The van der Waals surface area contributed by atoms with Gasteiger partial charge in [0.1, 0.15) is 0 Å². The van der Waals surface area contributed by atoms with E-state index in [1.807, 2.05) is 6.08 Å². The number of sulfone groups is 1. The van der Waals surface area contributed by atoms with E-state index in [9.17, 15) is 13.5 Å². The molecule has 1 N–H and O–H groups in total. The van der Waals surface area contributed by atoms with Gasteiger partial charge in [-0.15, -0.1) is 0 Å². The minimum absolute atomic E-state index is 0.253. The topological polar surface area (TPSA) is 54.4 Å². The van der Waals surface area contributed by atoms with Crippen molar-refractivity contribution in [2.24, 2.45) is 0 Å². The second kappa shape index (κ2) is 5.50. The van der Waals surface area contributed by atoms with Crippen LogP contribution in [0.4, 0.5) is 0 Å². The Hall–Kier alpha value is -1.39. The lowest BCUT2D eigenvalue weighted by molar-refractivity contribution is 0.0605. The minimum atomic E-state index is -3.19. The van der Waals surface area contributed by atoms with Crippen molar-refractivity contribution in [1.82, 2.24) is 0 Å². The van der Waals surface area contributed by atoms with Crippen LogP contribution in [0.2, 0.25) is 0 Å². The van der Waals surface area contributed by atoms with Crippen LogP contribution in [-0.4, -0.2) is 19.8 Å². The third-order valence-corrected chi connectivity index (χ3v) is 3.82. The summed E-state index contributed by atoms with van der Waals surface area (Å²) in [7, 11) is -3.19. The van der Waals surface area contributed by atoms with Crippen molar-refractivity contribution < 1.29 is 13.5 Å². The van der Waals surface area contributed by atoms with E-state index in [0.29, 0.717) is 12.0 Å². The van der Waals surface area contributed by atoms with Gasteiger partial charge in [0.25, 0.3) is 0 Å². The number of rotatable bonds is 5. The Balaban J connectivity index is 2.97. The average molecular weight is 266 g/mol. The van der Waals surface area contributed by atoms with Crippen molar-refractivity contribution in [2.75, 3.05) is 6.26 Å². The molecule has 0 fully saturated rings. The number of hydrogen-bond acceptors (Lipinski definition) is 3. The molecule has 0 unspecified atom stereocenters. The maximum Gasteiger partial charge on any atom is 0.175 e. The molecule has 0 bridgehead atoms. The van der Waals surface area contributed by atoms with Gasteiger partial charge < -0.3 is 5.11 Å². The van der Waals surface area contributed by atoms with Gasteiger partial charge in [-0.1, -0.05) is 36.9 Å². The molecule has 4 heteroatoms. The lowest BCUT2D eigenvalue weighted by Gasteiger charge is -2.22. The molecule has 0 saturated carbocycles. The van der Waals surface area contributed by atoms with Crippen LogP contribution < -0.4 is 0 Å². The molecule has 98 valence electrons. The summed E-state index contributed by atoms with van der Waals surface area (Å²) < 4.78 is 22.6. The largest absolute Gasteiger partial charge is 0.385 e. The van der Waals surface area contributed by atoms with Gasteiger partial charge >= 0.3 is 0 Å². The number of allylic oxidation sites excluding steroid dienone is 2. The van der Waals surface area contributed by atoms with Crippen molar-refractivity contribution >= 4 is 9.84 Å². The number of aliphatic hydroxyl groups is 1. The van der Waals surface area contributed by atoms with Crippen LogP contribution in [0.5, 0.6) is 0 Å². The monoisotopic (exact) mass is 266 g/mol. The molecule has 0 saturated heterocycles. The fourth-order valence-corrected chi connectivity index (χ4v) is 2.20. The highest BCUT2D eigenvalue weighted by Gasteiger charge is 2.21. The Morgan fingerprint density at radius 1 is 1.33 bits per heavy atom. The average Bonchev–Trinajstić information content (AvgIpc) is 2.28. The molecule has 0 radical (unpaired) electrons. The fraction of sp³-hybridized carbons (Fsp3) is 0.286. The normalized spacial score (nSPS) is 15.5. The van der Waals surface area contributed by atoms with Crippen LogP contribution in [0.1, 0.15) is 18.9 Å².